The minimum absolute atomic E-state index is 0.187. The summed E-state index contributed by atoms with van der Waals surface area (Å²) in [5.74, 6) is -1.01. The predicted octanol–water partition coefficient (Wildman–Crippen LogP) is 4.86. The fourth-order valence-electron chi connectivity index (χ4n) is 1.96. The molecule has 114 valence electrons. The molecule has 2 aromatic carbocycles. The van der Waals surface area contributed by atoms with Gasteiger partial charge in [0.25, 0.3) is 0 Å². The molecule has 2 nitrogen and oxygen atoms in total. The molecule has 2 aromatic rings. The maximum Gasteiger partial charge on any atom is 0.416 e. The molecule has 0 aliphatic carbocycles. The summed E-state index contributed by atoms with van der Waals surface area (Å²) in [6.07, 6.45) is -2.88. The van der Waals surface area contributed by atoms with Gasteiger partial charge in [0.15, 0.2) is 0 Å². The molecule has 0 aliphatic heterocycles. The van der Waals surface area contributed by atoms with Crippen molar-refractivity contribution in [3.8, 4) is 11.1 Å². The van der Waals surface area contributed by atoms with Gasteiger partial charge in [0.2, 0.25) is 0 Å². The van der Waals surface area contributed by atoms with Gasteiger partial charge >= 0.3 is 12.1 Å². The Hall–Kier alpha value is -2.56. The van der Waals surface area contributed by atoms with Crippen molar-refractivity contribution < 1.29 is 23.1 Å². The SMILES string of the molecule is C/C(=C\c1ccc(-c2cccc(C(F)(F)F)c2)cc1)C(=O)O. The van der Waals surface area contributed by atoms with Crippen molar-refractivity contribution in [1.82, 2.24) is 0 Å². The van der Waals surface area contributed by atoms with Crippen molar-refractivity contribution in [3.63, 3.8) is 0 Å². The number of carbonyl (C=O) groups is 1. The van der Waals surface area contributed by atoms with Crippen LogP contribution in [0, 0.1) is 0 Å². The lowest BCUT2D eigenvalue weighted by molar-refractivity contribution is -0.137. The maximum atomic E-state index is 12.7. The zero-order valence-corrected chi connectivity index (χ0v) is 11.7. The van der Waals surface area contributed by atoms with Crippen LogP contribution in [-0.2, 0) is 11.0 Å². The number of hydrogen-bond donors (Lipinski definition) is 1. The average Bonchev–Trinajstić information content (AvgIpc) is 2.47. The summed E-state index contributed by atoms with van der Waals surface area (Å²) in [7, 11) is 0. The molecule has 0 atom stereocenters. The van der Waals surface area contributed by atoms with E-state index in [9.17, 15) is 18.0 Å². The van der Waals surface area contributed by atoms with Crippen molar-refractivity contribution in [2.45, 2.75) is 13.1 Å². The lowest BCUT2D eigenvalue weighted by atomic mass is 10.0. The number of rotatable bonds is 3. The Morgan fingerprint density at radius 2 is 1.68 bits per heavy atom. The lowest BCUT2D eigenvalue weighted by Gasteiger charge is -2.09. The van der Waals surface area contributed by atoms with Gasteiger partial charge in [-0.1, -0.05) is 36.4 Å². The van der Waals surface area contributed by atoms with E-state index in [2.05, 4.69) is 0 Å². The number of hydrogen-bond acceptors (Lipinski definition) is 1. The van der Waals surface area contributed by atoms with E-state index in [-0.39, 0.29) is 5.57 Å². The third-order valence-electron chi connectivity index (χ3n) is 3.15. The van der Waals surface area contributed by atoms with Crippen LogP contribution in [0.2, 0.25) is 0 Å². The Labute approximate surface area is 125 Å². The summed E-state index contributed by atoms with van der Waals surface area (Å²) in [5.41, 5.74) is 1.26. The highest BCUT2D eigenvalue weighted by Gasteiger charge is 2.30. The standard InChI is InChI=1S/C17H13F3O2/c1-11(16(21)22)9-12-5-7-13(8-6-12)14-3-2-4-15(10-14)17(18,19)20/h2-10H,1H3,(H,21,22)/b11-9+. The zero-order valence-electron chi connectivity index (χ0n) is 11.7. The van der Waals surface area contributed by atoms with Gasteiger partial charge in [0.05, 0.1) is 5.56 Å². The van der Waals surface area contributed by atoms with E-state index >= 15 is 0 Å². The number of benzene rings is 2. The van der Waals surface area contributed by atoms with E-state index in [0.29, 0.717) is 16.7 Å². The number of alkyl halides is 3. The van der Waals surface area contributed by atoms with Crippen LogP contribution in [0.5, 0.6) is 0 Å². The second-order valence-electron chi connectivity index (χ2n) is 4.83. The molecular formula is C17H13F3O2. The van der Waals surface area contributed by atoms with Crippen LogP contribution < -0.4 is 0 Å². The molecule has 1 N–H and O–H groups in total. The lowest BCUT2D eigenvalue weighted by Crippen LogP contribution is -2.04. The van der Waals surface area contributed by atoms with Crippen LogP contribution in [0.3, 0.4) is 0 Å². The normalized spacial score (nSPS) is 12.3. The van der Waals surface area contributed by atoms with Gasteiger partial charge in [0, 0.05) is 5.57 Å². The minimum atomic E-state index is -4.38. The summed E-state index contributed by atoms with van der Waals surface area (Å²) in [5, 5.41) is 8.81. The fraction of sp³-hybridized carbons (Fsp3) is 0.118. The Bertz CT molecular complexity index is 713. The number of halogens is 3. The molecule has 0 spiro atoms. The van der Waals surface area contributed by atoms with E-state index < -0.39 is 17.7 Å². The van der Waals surface area contributed by atoms with E-state index in [1.165, 1.54) is 19.1 Å². The smallest absolute Gasteiger partial charge is 0.416 e. The highest BCUT2D eigenvalue weighted by molar-refractivity contribution is 5.91. The van der Waals surface area contributed by atoms with E-state index in [1.807, 2.05) is 0 Å². The van der Waals surface area contributed by atoms with Crippen molar-refractivity contribution in [2.24, 2.45) is 0 Å². The van der Waals surface area contributed by atoms with Crippen LogP contribution in [0.15, 0.2) is 54.1 Å². The van der Waals surface area contributed by atoms with E-state index in [0.717, 1.165) is 12.1 Å². The van der Waals surface area contributed by atoms with E-state index in [4.69, 9.17) is 5.11 Å². The van der Waals surface area contributed by atoms with Crippen molar-refractivity contribution in [2.75, 3.05) is 0 Å². The molecule has 0 aliphatic rings. The number of aliphatic carboxylic acids is 1. The molecule has 2 rings (SSSR count). The molecule has 0 fully saturated rings. The molecule has 0 saturated carbocycles. The van der Waals surface area contributed by atoms with Gasteiger partial charge in [-0.2, -0.15) is 13.2 Å². The van der Waals surface area contributed by atoms with Gasteiger partial charge in [-0.3, -0.25) is 0 Å². The maximum absolute atomic E-state index is 12.7. The van der Waals surface area contributed by atoms with E-state index in [1.54, 1.807) is 30.3 Å². The molecule has 0 saturated heterocycles. The number of carboxylic acids is 1. The highest BCUT2D eigenvalue weighted by atomic mass is 19.4. The first-order valence-electron chi connectivity index (χ1n) is 6.46. The first-order valence-corrected chi connectivity index (χ1v) is 6.46. The molecule has 0 amide bonds. The summed E-state index contributed by atoms with van der Waals surface area (Å²) in [6.45, 7) is 1.48. The van der Waals surface area contributed by atoms with Crippen LogP contribution in [0.4, 0.5) is 13.2 Å². The van der Waals surface area contributed by atoms with Crippen molar-refractivity contribution in [1.29, 1.82) is 0 Å². The highest BCUT2D eigenvalue weighted by Crippen LogP contribution is 2.32. The largest absolute Gasteiger partial charge is 0.478 e. The predicted molar refractivity (Wildman–Crippen MR) is 78.2 cm³/mol. The van der Waals surface area contributed by atoms with Gasteiger partial charge in [-0.15, -0.1) is 0 Å². The molecule has 0 aromatic heterocycles. The third-order valence-corrected chi connectivity index (χ3v) is 3.15. The first-order chi connectivity index (χ1) is 10.3. The quantitative estimate of drug-likeness (QED) is 0.822. The molecule has 5 heteroatoms. The molecule has 0 bridgehead atoms. The van der Waals surface area contributed by atoms with Crippen LogP contribution >= 0.6 is 0 Å². The first kappa shape index (κ1) is 15.8. The fourth-order valence-corrected chi connectivity index (χ4v) is 1.96. The van der Waals surface area contributed by atoms with Gasteiger partial charge in [-0.25, -0.2) is 4.79 Å². The Kier molecular flexibility index (Phi) is 4.35. The summed E-state index contributed by atoms with van der Waals surface area (Å²) in [6, 6.07) is 11.7. The Morgan fingerprint density at radius 3 is 2.23 bits per heavy atom. The van der Waals surface area contributed by atoms with Crippen LogP contribution in [0.25, 0.3) is 17.2 Å². The second-order valence-corrected chi connectivity index (χ2v) is 4.83. The molecule has 22 heavy (non-hydrogen) atoms. The minimum Gasteiger partial charge on any atom is -0.478 e. The monoisotopic (exact) mass is 306 g/mol. The van der Waals surface area contributed by atoms with Gasteiger partial charge in [0.1, 0.15) is 0 Å². The van der Waals surface area contributed by atoms with Gasteiger partial charge in [-0.05, 0) is 41.8 Å². The van der Waals surface area contributed by atoms with Crippen molar-refractivity contribution in [3.05, 3.63) is 65.2 Å². The Morgan fingerprint density at radius 1 is 1.05 bits per heavy atom. The number of carboxylic acid groups (broad SMARTS) is 1. The summed E-state index contributed by atoms with van der Waals surface area (Å²) >= 11 is 0. The topological polar surface area (TPSA) is 37.3 Å². The molecule has 0 radical (unpaired) electrons. The van der Waals surface area contributed by atoms with Gasteiger partial charge < -0.3 is 5.11 Å². The summed E-state index contributed by atoms with van der Waals surface area (Å²) < 4.78 is 38.1. The molecule has 0 unspecified atom stereocenters. The third kappa shape index (κ3) is 3.75. The van der Waals surface area contributed by atoms with Crippen molar-refractivity contribution >= 4 is 12.0 Å². The molecular weight excluding hydrogens is 293 g/mol. The van der Waals surface area contributed by atoms with Crippen LogP contribution in [0.1, 0.15) is 18.1 Å². The zero-order chi connectivity index (χ0) is 16.3. The van der Waals surface area contributed by atoms with Crippen LogP contribution in [-0.4, -0.2) is 11.1 Å². The molecule has 0 heterocycles. The Balaban J connectivity index is 2.32. The average molecular weight is 306 g/mol. The second kappa shape index (κ2) is 6.05. The summed E-state index contributed by atoms with van der Waals surface area (Å²) in [4.78, 5) is 10.7.